The molecule has 3 N–H and O–H groups in total. The van der Waals surface area contributed by atoms with Crippen LogP contribution in [-0.4, -0.2) is 19.1 Å². The van der Waals surface area contributed by atoms with Crippen LogP contribution in [0.25, 0.3) is 0 Å². The zero-order valence-corrected chi connectivity index (χ0v) is 10.1. The first-order valence-electron chi connectivity index (χ1n) is 5.60. The van der Waals surface area contributed by atoms with E-state index in [9.17, 15) is 0 Å². The van der Waals surface area contributed by atoms with Gasteiger partial charge in [0, 0.05) is 6.04 Å². The van der Waals surface area contributed by atoms with Crippen LogP contribution in [0.3, 0.4) is 0 Å². The normalized spacial score (nSPS) is 12.2. The average molecular weight is 188 g/mol. The molecule has 0 rings (SSSR count). The van der Waals surface area contributed by atoms with Gasteiger partial charge < -0.3 is 11.1 Å². The lowest BCUT2D eigenvalue weighted by atomic mass is 10.1. The number of nitrogens with two attached hydrogens (primary N) is 1. The second-order valence-corrected chi connectivity index (χ2v) is 3.59. The van der Waals surface area contributed by atoms with Crippen LogP contribution < -0.4 is 11.1 Å². The van der Waals surface area contributed by atoms with Gasteiger partial charge in [0.15, 0.2) is 0 Å². The Morgan fingerprint density at radius 3 is 2.08 bits per heavy atom. The maximum absolute atomic E-state index is 5.49. The van der Waals surface area contributed by atoms with Crippen molar-refractivity contribution < 1.29 is 0 Å². The highest BCUT2D eigenvalue weighted by Gasteiger charge is 1.98. The van der Waals surface area contributed by atoms with Gasteiger partial charge in [0.2, 0.25) is 0 Å². The molecule has 2 nitrogen and oxygen atoms in total. The summed E-state index contributed by atoms with van der Waals surface area (Å²) in [5.41, 5.74) is 5.49. The molecule has 2 heteroatoms. The van der Waals surface area contributed by atoms with Crippen LogP contribution in [0.4, 0.5) is 0 Å². The highest BCUT2D eigenvalue weighted by atomic mass is 14.9. The molecule has 0 aliphatic carbocycles. The lowest BCUT2D eigenvalue weighted by Crippen LogP contribution is -2.24. The molecule has 0 saturated heterocycles. The van der Waals surface area contributed by atoms with E-state index in [4.69, 9.17) is 5.73 Å². The monoisotopic (exact) mass is 188 g/mol. The Morgan fingerprint density at radius 1 is 1.15 bits per heavy atom. The number of hydrogen-bond acceptors (Lipinski definition) is 2. The molecule has 0 saturated carbocycles. The molecular weight excluding hydrogens is 160 g/mol. The van der Waals surface area contributed by atoms with E-state index >= 15 is 0 Å². The summed E-state index contributed by atoms with van der Waals surface area (Å²) in [4.78, 5) is 0. The van der Waals surface area contributed by atoms with Gasteiger partial charge in [0.05, 0.1) is 0 Å². The predicted octanol–water partition coefficient (Wildman–Crippen LogP) is 2.39. The Kier molecular flexibility index (Phi) is 14.1. The van der Waals surface area contributed by atoms with Crippen molar-refractivity contribution in [2.45, 2.75) is 53.5 Å². The molecule has 0 radical (unpaired) electrons. The zero-order chi connectivity index (χ0) is 10.7. The van der Waals surface area contributed by atoms with Crippen LogP contribution in [-0.2, 0) is 0 Å². The molecule has 0 aromatic rings. The highest BCUT2D eigenvalue weighted by molar-refractivity contribution is 4.57. The van der Waals surface area contributed by atoms with E-state index in [1.807, 2.05) is 13.8 Å². The second kappa shape index (κ2) is 11.9. The molecule has 0 aliphatic rings. The summed E-state index contributed by atoms with van der Waals surface area (Å²) in [6.07, 6.45) is 2.49. The molecule has 1 unspecified atom stereocenters. The fourth-order valence-electron chi connectivity index (χ4n) is 0.959. The second-order valence-electron chi connectivity index (χ2n) is 3.59. The van der Waals surface area contributed by atoms with Crippen molar-refractivity contribution in [3.63, 3.8) is 0 Å². The Morgan fingerprint density at radius 2 is 1.69 bits per heavy atom. The fourth-order valence-corrected chi connectivity index (χ4v) is 0.959. The first-order valence-corrected chi connectivity index (χ1v) is 5.60. The zero-order valence-electron chi connectivity index (χ0n) is 10.1. The molecule has 1 atom stereocenters. The van der Waals surface area contributed by atoms with Crippen LogP contribution in [0.5, 0.6) is 0 Å². The Balaban J connectivity index is 0. The van der Waals surface area contributed by atoms with Crippen molar-refractivity contribution in [2.75, 3.05) is 13.1 Å². The summed E-state index contributed by atoms with van der Waals surface area (Å²) in [7, 11) is 0. The first kappa shape index (κ1) is 15.4. The van der Waals surface area contributed by atoms with Gasteiger partial charge >= 0.3 is 0 Å². The van der Waals surface area contributed by atoms with E-state index in [0.717, 1.165) is 13.1 Å². The SMILES string of the molecule is CC.CC(CN)CCCNC(C)C. The first-order chi connectivity index (χ1) is 6.16. The number of rotatable bonds is 6. The van der Waals surface area contributed by atoms with Gasteiger partial charge in [-0.15, -0.1) is 0 Å². The summed E-state index contributed by atoms with van der Waals surface area (Å²) < 4.78 is 0. The minimum atomic E-state index is 0.614. The van der Waals surface area contributed by atoms with Crippen molar-refractivity contribution in [1.29, 1.82) is 0 Å². The topological polar surface area (TPSA) is 38.0 Å². The van der Waals surface area contributed by atoms with Crippen molar-refractivity contribution in [3.05, 3.63) is 0 Å². The third-order valence-electron chi connectivity index (χ3n) is 1.83. The molecule has 0 fully saturated rings. The Bertz CT molecular complexity index is 82.2. The summed E-state index contributed by atoms with van der Waals surface area (Å²) in [5.74, 6) is 0.684. The van der Waals surface area contributed by atoms with Gasteiger partial charge in [-0.25, -0.2) is 0 Å². The lowest BCUT2D eigenvalue weighted by Gasteiger charge is -2.10. The quantitative estimate of drug-likeness (QED) is 0.628. The molecule has 82 valence electrons. The molecule has 0 aliphatic heterocycles. The van der Waals surface area contributed by atoms with Crippen molar-refractivity contribution in [2.24, 2.45) is 11.7 Å². The van der Waals surface area contributed by atoms with Crippen molar-refractivity contribution in [1.82, 2.24) is 5.32 Å². The average Bonchev–Trinajstić information content (AvgIpc) is 2.15. The third kappa shape index (κ3) is 14.7. The van der Waals surface area contributed by atoms with E-state index in [2.05, 4.69) is 26.1 Å². The van der Waals surface area contributed by atoms with Gasteiger partial charge in [-0.05, 0) is 31.8 Å². The minimum absolute atomic E-state index is 0.614. The van der Waals surface area contributed by atoms with Crippen molar-refractivity contribution >= 4 is 0 Å². The van der Waals surface area contributed by atoms with Gasteiger partial charge in [0.1, 0.15) is 0 Å². The van der Waals surface area contributed by atoms with Gasteiger partial charge in [-0.1, -0.05) is 34.6 Å². The molecule has 0 aromatic carbocycles. The van der Waals surface area contributed by atoms with Crippen LogP contribution in [0, 0.1) is 5.92 Å². The maximum Gasteiger partial charge on any atom is 0.00103 e. The molecule has 0 amide bonds. The molecule has 0 bridgehead atoms. The third-order valence-corrected chi connectivity index (χ3v) is 1.83. The standard InChI is InChI=1S/C9H22N2.C2H6/c1-8(2)11-6-4-5-9(3)7-10;1-2/h8-9,11H,4-7,10H2,1-3H3;1-2H3. The molecule has 13 heavy (non-hydrogen) atoms. The van der Waals surface area contributed by atoms with Crippen LogP contribution >= 0.6 is 0 Å². The van der Waals surface area contributed by atoms with Crippen molar-refractivity contribution in [3.8, 4) is 0 Å². The number of nitrogens with one attached hydrogen (secondary N) is 1. The van der Waals surface area contributed by atoms with E-state index in [1.165, 1.54) is 12.8 Å². The maximum atomic E-state index is 5.49. The smallest absolute Gasteiger partial charge is 0.00103 e. The fraction of sp³-hybridized carbons (Fsp3) is 1.00. The van der Waals surface area contributed by atoms with E-state index in [0.29, 0.717) is 12.0 Å². The molecule has 0 aromatic heterocycles. The summed E-state index contributed by atoms with van der Waals surface area (Å²) in [6.45, 7) is 12.5. The van der Waals surface area contributed by atoms with Gasteiger partial charge in [-0.2, -0.15) is 0 Å². The molecule has 0 heterocycles. The molecule has 0 spiro atoms. The lowest BCUT2D eigenvalue weighted by molar-refractivity contribution is 0.484. The number of hydrogen-bond donors (Lipinski definition) is 2. The Labute approximate surface area is 84.3 Å². The van der Waals surface area contributed by atoms with Crippen LogP contribution in [0.15, 0.2) is 0 Å². The van der Waals surface area contributed by atoms with E-state index < -0.39 is 0 Å². The minimum Gasteiger partial charge on any atom is -0.330 e. The van der Waals surface area contributed by atoms with Gasteiger partial charge in [0.25, 0.3) is 0 Å². The highest BCUT2D eigenvalue weighted by Crippen LogP contribution is 2.01. The largest absolute Gasteiger partial charge is 0.330 e. The van der Waals surface area contributed by atoms with E-state index in [-0.39, 0.29) is 0 Å². The predicted molar refractivity (Wildman–Crippen MR) is 61.9 cm³/mol. The van der Waals surface area contributed by atoms with Crippen LogP contribution in [0.1, 0.15) is 47.5 Å². The van der Waals surface area contributed by atoms with Crippen LogP contribution in [0.2, 0.25) is 0 Å². The summed E-state index contributed by atoms with van der Waals surface area (Å²) >= 11 is 0. The van der Waals surface area contributed by atoms with E-state index in [1.54, 1.807) is 0 Å². The molecular formula is C11H28N2. The summed E-state index contributed by atoms with van der Waals surface area (Å²) in [5, 5.41) is 3.38. The van der Waals surface area contributed by atoms with Gasteiger partial charge in [-0.3, -0.25) is 0 Å². The Hall–Kier alpha value is -0.0800. The summed E-state index contributed by atoms with van der Waals surface area (Å²) in [6, 6.07) is 0.614.